The Morgan fingerprint density at radius 3 is 1.37 bits per heavy atom. The number of carbonyl (C=O) groups is 1. The first-order valence-electron chi connectivity index (χ1n) is 8.55. The first kappa shape index (κ1) is 21.8. The predicted octanol–water partition coefficient (Wildman–Crippen LogP) is 6.31. The van der Waals surface area contributed by atoms with Gasteiger partial charge in [0.2, 0.25) is 0 Å². The molecule has 140 valence electrons. The number of carbonyl (C=O) groups excluding carboxylic acids is 1. The largest absolute Gasteiger partial charge is 0.452 e. The van der Waals surface area contributed by atoms with Crippen molar-refractivity contribution in [2.45, 2.75) is 18.3 Å². The minimum absolute atomic E-state index is 0.225. The lowest BCUT2D eigenvalue weighted by atomic mass is 9.67. The molecule has 0 radical (unpaired) electrons. The molecular weight excluding hydrogens is 438 g/mol. The minimum atomic E-state index is -0.400. The van der Waals surface area contributed by atoms with Crippen molar-refractivity contribution in [3.8, 4) is 0 Å². The van der Waals surface area contributed by atoms with Crippen LogP contribution < -0.4 is 0 Å². The molecule has 2 atom stereocenters. The highest BCUT2D eigenvalue weighted by atomic mass is 79.9. The summed E-state index contributed by atoms with van der Waals surface area (Å²) in [7, 11) is 4.28. The van der Waals surface area contributed by atoms with E-state index in [1.807, 2.05) is 64.1 Å². The average molecular weight is 461 g/mol. The van der Waals surface area contributed by atoms with Crippen LogP contribution in [0, 0.1) is 0 Å². The first-order chi connectivity index (χ1) is 13.3. The van der Waals surface area contributed by atoms with Crippen LogP contribution in [-0.4, -0.2) is 5.97 Å². The molecular formula is C22H23BrO2P2. The highest BCUT2D eigenvalue weighted by Crippen LogP contribution is 2.43. The molecule has 0 aliphatic carbocycles. The Morgan fingerprint density at radius 2 is 1.07 bits per heavy atom. The minimum Gasteiger partial charge on any atom is -0.452 e. The Kier molecular flexibility index (Phi) is 9.15. The molecule has 27 heavy (non-hydrogen) atoms. The van der Waals surface area contributed by atoms with Gasteiger partial charge in [0.1, 0.15) is 0 Å². The molecule has 0 amide bonds. The van der Waals surface area contributed by atoms with Crippen molar-refractivity contribution in [2.24, 2.45) is 0 Å². The summed E-state index contributed by atoms with van der Waals surface area (Å²) in [4.78, 5) is 11.9. The summed E-state index contributed by atoms with van der Waals surface area (Å²) in [6.07, 6.45) is 0.973. The molecule has 0 aliphatic heterocycles. The maximum atomic E-state index is 11.9. The average Bonchev–Trinajstić information content (AvgIpc) is 2.77. The number of benzene rings is 3. The summed E-state index contributed by atoms with van der Waals surface area (Å²) in [6.45, 7) is 0. The molecule has 5 heteroatoms. The van der Waals surface area contributed by atoms with Crippen molar-refractivity contribution in [1.82, 2.24) is 0 Å². The summed E-state index contributed by atoms with van der Waals surface area (Å²) >= 11 is 2.85. The Balaban J connectivity index is 0.00000126. The van der Waals surface area contributed by atoms with Gasteiger partial charge in [0, 0.05) is 11.8 Å². The number of hydrogen-bond acceptors (Lipinski definition) is 2. The van der Waals surface area contributed by atoms with Gasteiger partial charge in [-0.05, 0) is 23.1 Å². The zero-order chi connectivity index (χ0) is 19.5. The molecule has 3 aromatic carbocycles. The van der Waals surface area contributed by atoms with Crippen LogP contribution in [0.5, 0.6) is 0 Å². The third-order valence-electron chi connectivity index (χ3n) is 4.64. The van der Waals surface area contributed by atoms with Crippen LogP contribution in [0.4, 0.5) is 0 Å². The van der Waals surface area contributed by atoms with Gasteiger partial charge in [-0.15, -0.1) is 0 Å². The van der Waals surface area contributed by atoms with Gasteiger partial charge in [0.25, 0.3) is 0 Å². The van der Waals surface area contributed by atoms with Crippen LogP contribution >= 0.6 is 32.9 Å². The SMILES string of the molecule is O=C(CCC(c1ccccc1)(c1ccccc1)c1ccccc1)OP.PBr. The lowest BCUT2D eigenvalue weighted by Gasteiger charge is -2.36. The highest BCUT2D eigenvalue weighted by molar-refractivity contribution is 9.34. The van der Waals surface area contributed by atoms with Crippen molar-refractivity contribution >= 4 is 38.9 Å². The molecule has 0 aliphatic rings. The van der Waals surface area contributed by atoms with Crippen LogP contribution in [0.25, 0.3) is 0 Å². The second-order valence-corrected chi connectivity index (χ2v) is 6.23. The van der Waals surface area contributed by atoms with Gasteiger partial charge in [-0.3, -0.25) is 4.79 Å². The molecule has 3 aromatic rings. The zero-order valence-electron chi connectivity index (χ0n) is 14.9. The predicted molar refractivity (Wildman–Crippen MR) is 123 cm³/mol. The van der Waals surface area contributed by atoms with Gasteiger partial charge in [-0.2, -0.15) is 0 Å². The van der Waals surface area contributed by atoms with Gasteiger partial charge < -0.3 is 4.52 Å². The van der Waals surface area contributed by atoms with Crippen molar-refractivity contribution in [2.75, 3.05) is 0 Å². The zero-order valence-corrected chi connectivity index (χ0v) is 18.8. The smallest absolute Gasteiger partial charge is 0.307 e. The van der Waals surface area contributed by atoms with Crippen molar-refractivity contribution < 1.29 is 9.32 Å². The molecule has 0 spiro atoms. The van der Waals surface area contributed by atoms with E-state index in [0.29, 0.717) is 12.8 Å². The van der Waals surface area contributed by atoms with E-state index in [2.05, 4.69) is 59.8 Å². The molecule has 0 heterocycles. The fourth-order valence-electron chi connectivity index (χ4n) is 3.45. The van der Waals surface area contributed by atoms with Crippen molar-refractivity contribution in [3.05, 3.63) is 108 Å². The van der Waals surface area contributed by atoms with E-state index in [9.17, 15) is 4.79 Å². The van der Waals surface area contributed by atoms with Crippen LogP contribution in [0.1, 0.15) is 29.5 Å². The summed E-state index contributed by atoms with van der Waals surface area (Å²) < 4.78 is 4.83. The van der Waals surface area contributed by atoms with E-state index in [0.717, 1.165) is 0 Å². The second-order valence-electron chi connectivity index (χ2n) is 5.99. The highest BCUT2D eigenvalue weighted by Gasteiger charge is 2.36. The molecule has 0 saturated carbocycles. The van der Waals surface area contributed by atoms with Crippen molar-refractivity contribution in [3.63, 3.8) is 0 Å². The molecule has 0 bridgehead atoms. The second kappa shape index (κ2) is 11.3. The Morgan fingerprint density at radius 1 is 0.741 bits per heavy atom. The Labute approximate surface area is 174 Å². The molecule has 2 unspecified atom stereocenters. The molecule has 0 aromatic heterocycles. The van der Waals surface area contributed by atoms with E-state index < -0.39 is 5.41 Å². The van der Waals surface area contributed by atoms with Gasteiger partial charge in [0.15, 0.2) is 0 Å². The van der Waals surface area contributed by atoms with E-state index in [4.69, 9.17) is 4.52 Å². The maximum absolute atomic E-state index is 11.9. The third kappa shape index (κ3) is 5.26. The summed E-state index contributed by atoms with van der Waals surface area (Å²) in [5.41, 5.74) is 3.11. The number of hydrogen-bond donors (Lipinski definition) is 0. The maximum Gasteiger partial charge on any atom is 0.307 e. The van der Waals surface area contributed by atoms with Crippen LogP contribution in [0.15, 0.2) is 91.0 Å². The first-order valence-corrected chi connectivity index (χ1v) is 12.2. The molecule has 3 rings (SSSR count). The number of rotatable bonds is 6. The van der Waals surface area contributed by atoms with Crippen LogP contribution in [0.3, 0.4) is 0 Å². The molecule has 0 N–H and O–H groups in total. The standard InChI is InChI=1S/C22H21O2P.BrH2P/c23-21(24-25)16-17-22(18-10-4-1-5-11-18,19-12-6-2-7-13-19)20-14-8-3-9-15-20;1-2/h1-15H,16-17,25H2;2H2. The topological polar surface area (TPSA) is 26.3 Å². The summed E-state index contributed by atoms with van der Waals surface area (Å²) in [5, 5.41) is 0. The molecule has 2 nitrogen and oxygen atoms in total. The van der Waals surface area contributed by atoms with Crippen molar-refractivity contribution in [1.29, 1.82) is 0 Å². The quantitative estimate of drug-likeness (QED) is 0.318. The van der Waals surface area contributed by atoms with E-state index >= 15 is 0 Å². The van der Waals surface area contributed by atoms with E-state index in [-0.39, 0.29) is 5.97 Å². The lowest BCUT2D eigenvalue weighted by Crippen LogP contribution is -2.30. The molecule has 0 fully saturated rings. The lowest BCUT2D eigenvalue weighted by molar-refractivity contribution is -0.133. The molecule has 0 saturated heterocycles. The van der Waals surface area contributed by atoms with Crippen LogP contribution in [0.2, 0.25) is 0 Å². The summed E-state index contributed by atoms with van der Waals surface area (Å²) in [6, 6.07) is 31.1. The van der Waals surface area contributed by atoms with Gasteiger partial charge >= 0.3 is 5.97 Å². The summed E-state index contributed by atoms with van der Waals surface area (Å²) in [5.74, 6) is -0.225. The fraction of sp³-hybridized carbons (Fsp3) is 0.136. The van der Waals surface area contributed by atoms with Crippen LogP contribution in [-0.2, 0) is 14.7 Å². The van der Waals surface area contributed by atoms with Gasteiger partial charge in [-0.1, -0.05) is 114 Å². The Bertz CT molecular complexity index is 715. The fourth-order valence-corrected chi connectivity index (χ4v) is 3.57. The van der Waals surface area contributed by atoms with Gasteiger partial charge in [0.05, 0.1) is 9.47 Å². The van der Waals surface area contributed by atoms with E-state index in [1.54, 1.807) is 0 Å². The number of halogens is 1. The Hall–Kier alpha value is -1.53. The van der Waals surface area contributed by atoms with E-state index in [1.165, 1.54) is 16.7 Å². The monoisotopic (exact) mass is 460 g/mol. The normalized spacial score (nSPS) is 10.5. The van der Waals surface area contributed by atoms with Gasteiger partial charge in [-0.25, -0.2) is 0 Å². The third-order valence-corrected chi connectivity index (χ3v) is 4.90.